The van der Waals surface area contributed by atoms with Crippen LogP contribution in [0.25, 0.3) is 0 Å². The first kappa shape index (κ1) is 25.2. The maximum absolute atomic E-state index is 6.17. The summed E-state index contributed by atoms with van der Waals surface area (Å²) in [6, 6.07) is 5.62. The molecule has 4 bridgehead atoms. The van der Waals surface area contributed by atoms with Gasteiger partial charge in [-0.1, -0.05) is 13.8 Å². The summed E-state index contributed by atoms with van der Waals surface area (Å²) in [5.74, 6) is 0.842. The van der Waals surface area contributed by atoms with E-state index in [1.807, 2.05) is 0 Å². The lowest BCUT2D eigenvalue weighted by atomic mass is 9.60. The number of fused-ring (bicyclic) bond motifs is 7. The fourth-order valence-electron chi connectivity index (χ4n) is 7.65. The second-order valence-corrected chi connectivity index (χ2v) is 11.6. The molecule has 0 spiro atoms. The maximum atomic E-state index is 6.17. The lowest BCUT2D eigenvalue weighted by Crippen LogP contribution is -2.76. The third-order valence-electron chi connectivity index (χ3n) is 8.56. The summed E-state index contributed by atoms with van der Waals surface area (Å²) in [5.41, 5.74) is 2.91. The van der Waals surface area contributed by atoms with Gasteiger partial charge in [-0.3, -0.25) is 14.5 Å². The van der Waals surface area contributed by atoms with Crippen LogP contribution in [0.1, 0.15) is 97.1 Å². The quantitative estimate of drug-likeness (QED) is 0.512. The third-order valence-corrected chi connectivity index (χ3v) is 8.56. The van der Waals surface area contributed by atoms with Crippen LogP contribution in [-0.2, 0) is 9.47 Å². The molecule has 0 aromatic carbocycles. The van der Waals surface area contributed by atoms with Gasteiger partial charge in [0.25, 0.3) is 0 Å². The van der Waals surface area contributed by atoms with Gasteiger partial charge in [0.2, 0.25) is 0 Å². The summed E-state index contributed by atoms with van der Waals surface area (Å²) in [5, 5.41) is 4.56. The molecule has 6 heteroatoms. The van der Waals surface area contributed by atoms with Crippen LogP contribution in [0.4, 0.5) is 0 Å². The zero-order valence-electron chi connectivity index (χ0n) is 22.4. The second kappa shape index (κ2) is 9.96. The molecule has 0 N–H and O–H groups in total. The van der Waals surface area contributed by atoms with Crippen molar-refractivity contribution in [1.82, 2.24) is 19.6 Å². The highest BCUT2D eigenvalue weighted by Gasteiger charge is 2.60. The first-order chi connectivity index (χ1) is 15.7. The number of hydrogen-bond donors (Lipinski definition) is 0. The van der Waals surface area contributed by atoms with E-state index in [-0.39, 0.29) is 0 Å². The molecule has 6 unspecified atom stereocenters. The van der Waals surface area contributed by atoms with Crippen LogP contribution >= 0.6 is 0 Å². The van der Waals surface area contributed by atoms with E-state index in [9.17, 15) is 0 Å². The van der Waals surface area contributed by atoms with E-state index in [0.717, 1.165) is 25.0 Å². The largest absolute Gasteiger partial charge is 0.382 e. The van der Waals surface area contributed by atoms with Crippen molar-refractivity contribution in [1.29, 1.82) is 0 Å². The highest BCUT2D eigenvalue weighted by atomic mass is 16.5. The fourth-order valence-corrected chi connectivity index (χ4v) is 7.65. The van der Waals surface area contributed by atoms with Crippen molar-refractivity contribution in [3.05, 3.63) is 17.5 Å². The van der Waals surface area contributed by atoms with Crippen molar-refractivity contribution in [2.75, 3.05) is 26.9 Å². The molecule has 33 heavy (non-hydrogen) atoms. The molecule has 6 rings (SSSR count). The van der Waals surface area contributed by atoms with Gasteiger partial charge in [0.15, 0.2) is 0 Å². The molecule has 0 amide bonds. The van der Waals surface area contributed by atoms with Crippen molar-refractivity contribution >= 4 is 0 Å². The number of ether oxygens (including phenoxy) is 2. The molecule has 3 saturated heterocycles. The van der Waals surface area contributed by atoms with E-state index in [1.54, 1.807) is 7.11 Å². The Balaban J connectivity index is 0.000000163. The Morgan fingerprint density at radius 2 is 1.85 bits per heavy atom. The highest BCUT2D eigenvalue weighted by molar-refractivity contribution is 5.22. The molecule has 5 heterocycles. The normalized spacial score (nSPS) is 33.8. The Labute approximate surface area is 202 Å². The summed E-state index contributed by atoms with van der Waals surface area (Å²) < 4.78 is 13.5. The minimum Gasteiger partial charge on any atom is -0.382 e. The highest BCUT2D eigenvalue weighted by Crippen LogP contribution is 2.53. The summed E-state index contributed by atoms with van der Waals surface area (Å²) in [6.45, 7) is 18.6. The van der Waals surface area contributed by atoms with Gasteiger partial charge in [0.1, 0.15) is 0 Å². The lowest BCUT2D eigenvalue weighted by molar-refractivity contribution is -0.213. The molecule has 1 saturated carbocycles. The van der Waals surface area contributed by atoms with E-state index < -0.39 is 0 Å². The summed E-state index contributed by atoms with van der Waals surface area (Å²) in [6.07, 6.45) is 6.75. The molecule has 6 atom stereocenters. The van der Waals surface area contributed by atoms with E-state index in [2.05, 4.69) is 74.1 Å². The Morgan fingerprint density at radius 1 is 1.09 bits per heavy atom. The Hall–Kier alpha value is -0.950. The molecular weight excluding hydrogens is 412 g/mol. The van der Waals surface area contributed by atoms with Gasteiger partial charge in [0.05, 0.1) is 42.8 Å². The van der Waals surface area contributed by atoms with Gasteiger partial charge in [-0.15, -0.1) is 0 Å². The Bertz CT molecular complexity index is 793. The molecule has 188 valence electrons. The molecule has 1 aliphatic carbocycles. The first-order valence-corrected chi connectivity index (χ1v) is 13.4. The molecule has 6 nitrogen and oxygen atoms in total. The minimum atomic E-state index is 0.305. The van der Waals surface area contributed by atoms with E-state index in [0.29, 0.717) is 42.4 Å². The number of aryl methyl sites for hydroxylation is 1. The SMILES string of the molecule is CCC(OCCOC)C12CC(C)CC(C1)N2C(C)C.Cc1cc2n(n1)C1CC2N(C(C)C)C1. The van der Waals surface area contributed by atoms with Crippen LogP contribution in [-0.4, -0.2) is 76.2 Å². The monoisotopic (exact) mass is 460 g/mol. The Kier molecular flexibility index (Phi) is 7.59. The number of methoxy groups -OCH3 is 1. The molecule has 5 aliphatic rings. The lowest BCUT2D eigenvalue weighted by Gasteiger charge is -2.68. The van der Waals surface area contributed by atoms with Crippen molar-refractivity contribution in [3.63, 3.8) is 0 Å². The summed E-state index contributed by atoms with van der Waals surface area (Å²) in [7, 11) is 1.74. The molecule has 1 aromatic rings. The standard InChI is InChI=1S/C16H31NO2.C11H17N3/c1-6-15(19-8-7-18-5)16-10-13(4)9-14(11-16)17(16)12(2)3;1-7(2)13-6-9-5-10(13)11-4-8(3)12-14(9)11/h12-15H,6-11H2,1-5H3;4,7,9-10H,5-6H2,1-3H3. The van der Waals surface area contributed by atoms with Crippen molar-refractivity contribution in [2.24, 2.45) is 5.92 Å². The fraction of sp³-hybridized carbons (Fsp3) is 0.889. The van der Waals surface area contributed by atoms with Gasteiger partial charge in [-0.2, -0.15) is 5.10 Å². The number of hydrogen-bond acceptors (Lipinski definition) is 5. The van der Waals surface area contributed by atoms with Gasteiger partial charge in [-0.25, -0.2) is 0 Å². The molecule has 1 aromatic heterocycles. The predicted molar refractivity (Wildman–Crippen MR) is 134 cm³/mol. The maximum Gasteiger partial charge on any atom is 0.0758 e. The van der Waals surface area contributed by atoms with Gasteiger partial charge in [0, 0.05) is 37.3 Å². The number of rotatable bonds is 8. The van der Waals surface area contributed by atoms with Crippen LogP contribution in [0.2, 0.25) is 0 Å². The second-order valence-electron chi connectivity index (χ2n) is 11.6. The summed E-state index contributed by atoms with van der Waals surface area (Å²) >= 11 is 0. The van der Waals surface area contributed by atoms with Crippen molar-refractivity contribution in [2.45, 2.75) is 122 Å². The third kappa shape index (κ3) is 4.53. The Morgan fingerprint density at radius 3 is 2.48 bits per heavy atom. The zero-order chi connectivity index (χ0) is 23.9. The van der Waals surface area contributed by atoms with E-state index >= 15 is 0 Å². The minimum absolute atomic E-state index is 0.305. The molecule has 4 fully saturated rings. The average Bonchev–Trinajstić information content (AvgIpc) is 3.42. The molecule has 0 radical (unpaired) electrons. The average molecular weight is 461 g/mol. The number of aromatic nitrogens is 2. The topological polar surface area (TPSA) is 42.8 Å². The van der Waals surface area contributed by atoms with Gasteiger partial charge < -0.3 is 9.47 Å². The molecular formula is C27H48N4O2. The number of piperidine rings is 1. The molecule has 4 aliphatic heterocycles. The van der Waals surface area contributed by atoms with Gasteiger partial charge >= 0.3 is 0 Å². The van der Waals surface area contributed by atoms with Crippen LogP contribution in [0.15, 0.2) is 6.07 Å². The van der Waals surface area contributed by atoms with Crippen molar-refractivity contribution in [3.8, 4) is 0 Å². The first-order valence-electron chi connectivity index (χ1n) is 13.4. The van der Waals surface area contributed by atoms with Crippen molar-refractivity contribution < 1.29 is 9.47 Å². The summed E-state index contributed by atoms with van der Waals surface area (Å²) in [4.78, 5) is 5.34. The number of nitrogens with zero attached hydrogens (tertiary/aromatic N) is 4. The van der Waals surface area contributed by atoms with Crippen LogP contribution < -0.4 is 0 Å². The number of likely N-dealkylation sites (tertiary alicyclic amines) is 1. The van der Waals surface area contributed by atoms with Crippen LogP contribution in [0.5, 0.6) is 0 Å². The van der Waals surface area contributed by atoms with Crippen LogP contribution in [0, 0.1) is 12.8 Å². The van der Waals surface area contributed by atoms with Gasteiger partial charge in [-0.05, 0) is 78.7 Å². The van der Waals surface area contributed by atoms with Crippen LogP contribution in [0.3, 0.4) is 0 Å². The van der Waals surface area contributed by atoms with E-state index in [4.69, 9.17) is 9.47 Å². The van der Waals surface area contributed by atoms with E-state index in [1.165, 1.54) is 43.6 Å². The predicted octanol–water partition coefficient (Wildman–Crippen LogP) is 4.98. The smallest absolute Gasteiger partial charge is 0.0758 e. The zero-order valence-corrected chi connectivity index (χ0v) is 22.4.